The minimum Gasteiger partial charge on any atom is -0.388 e. The predicted octanol–water partition coefficient (Wildman–Crippen LogP) is 1.67. The standard InChI is InChI=1S/C20H19N5O5/c1-11-3-5-12(6-4-11)14-7-13(9-28-14)17-22-15(30-23-17)8-25-10-21-18-16(19(25)26)24(2)20(27)29-18/h3-6,10,13-14H,7-9H2,1-2H3/t13-,14+/m0/s1. The molecule has 3 aromatic heterocycles. The molecule has 2 atom stereocenters. The Hall–Kier alpha value is -3.53. The van der Waals surface area contributed by atoms with Crippen LogP contribution >= 0.6 is 0 Å². The molecule has 5 rings (SSSR count). The Labute approximate surface area is 169 Å². The summed E-state index contributed by atoms with van der Waals surface area (Å²) in [5.74, 6) is 0.204. The van der Waals surface area contributed by atoms with Crippen LogP contribution in [0, 0.1) is 6.92 Å². The van der Waals surface area contributed by atoms with Gasteiger partial charge in [0.15, 0.2) is 11.3 Å². The number of aryl methyl sites for hydroxylation is 2. The molecule has 0 unspecified atom stereocenters. The molecule has 10 heteroatoms. The monoisotopic (exact) mass is 409 g/mol. The summed E-state index contributed by atoms with van der Waals surface area (Å²) < 4.78 is 18.6. The first-order valence-electron chi connectivity index (χ1n) is 9.55. The van der Waals surface area contributed by atoms with Crippen LogP contribution in [0.25, 0.3) is 11.2 Å². The number of oxazole rings is 1. The number of hydrogen-bond donors (Lipinski definition) is 0. The summed E-state index contributed by atoms with van der Waals surface area (Å²) in [6.45, 7) is 2.60. The van der Waals surface area contributed by atoms with Gasteiger partial charge in [0.1, 0.15) is 12.9 Å². The summed E-state index contributed by atoms with van der Waals surface area (Å²) in [5, 5.41) is 4.07. The zero-order valence-corrected chi connectivity index (χ0v) is 16.4. The molecule has 0 saturated carbocycles. The summed E-state index contributed by atoms with van der Waals surface area (Å²) in [7, 11) is 1.46. The van der Waals surface area contributed by atoms with Crippen molar-refractivity contribution in [3.63, 3.8) is 0 Å². The zero-order chi connectivity index (χ0) is 20.8. The summed E-state index contributed by atoms with van der Waals surface area (Å²) >= 11 is 0. The average Bonchev–Trinajstić information content (AvgIpc) is 3.45. The maximum atomic E-state index is 12.6. The van der Waals surface area contributed by atoms with E-state index in [2.05, 4.69) is 39.4 Å². The second kappa shape index (κ2) is 7.06. The lowest BCUT2D eigenvalue weighted by molar-refractivity contribution is 0.110. The van der Waals surface area contributed by atoms with Crippen molar-refractivity contribution in [1.82, 2.24) is 24.3 Å². The van der Waals surface area contributed by atoms with Crippen LogP contribution in [0.1, 0.15) is 41.3 Å². The molecular formula is C20H19N5O5. The highest BCUT2D eigenvalue weighted by atomic mass is 16.5. The molecule has 10 nitrogen and oxygen atoms in total. The maximum Gasteiger partial charge on any atom is 0.421 e. The molecule has 1 aliphatic heterocycles. The third-order valence-corrected chi connectivity index (χ3v) is 5.37. The van der Waals surface area contributed by atoms with Gasteiger partial charge in [-0.3, -0.25) is 13.9 Å². The number of ether oxygens (including phenoxy) is 1. The Bertz CT molecular complexity index is 1330. The van der Waals surface area contributed by atoms with E-state index in [0.717, 1.165) is 16.6 Å². The van der Waals surface area contributed by atoms with E-state index in [0.29, 0.717) is 12.4 Å². The fourth-order valence-electron chi connectivity index (χ4n) is 3.64. The van der Waals surface area contributed by atoms with Crippen LogP contribution < -0.4 is 11.3 Å². The fourth-order valence-corrected chi connectivity index (χ4v) is 3.64. The van der Waals surface area contributed by atoms with E-state index in [1.165, 1.54) is 23.5 Å². The van der Waals surface area contributed by atoms with E-state index in [1.54, 1.807) is 0 Å². The minimum absolute atomic E-state index is 0.000204. The highest BCUT2D eigenvalue weighted by Gasteiger charge is 2.31. The molecule has 0 bridgehead atoms. The van der Waals surface area contributed by atoms with Crippen molar-refractivity contribution in [3.8, 4) is 0 Å². The molecule has 4 heterocycles. The first-order chi connectivity index (χ1) is 14.5. The molecule has 0 amide bonds. The minimum atomic E-state index is -0.642. The van der Waals surface area contributed by atoms with Crippen molar-refractivity contribution in [2.24, 2.45) is 7.05 Å². The molecule has 1 aliphatic rings. The molecule has 0 radical (unpaired) electrons. The molecule has 0 aliphatic carbocycles. The molecule has 30 heavy (non-hydrogen) atoms. The number of rotatable bonds is 4. The molecule has 0 N–H and O–H groups in total. The van der Waals surface area contributed by atoms with Gasteiger partial charge in [0, 0.05) is 13.0 Å². The Morgan fingerprint density at radius 2 is 2.00 bits per heavy atom. The number of nitrogens with zero attached hydrogens (tertiary/aromatic N) is 5. The van der Waals surface area contributed by atoms with Crippen molar-refractivity contribution < 1.29 is 13.7 Å². The number of fused-ring (bicyclic) bond motifs is 1. The van der Waals surface area contributed by atoms with Crippen molar-refractivity contribution >= 4 is 11.2 Å². The number of hydrogen-bond acceptors (Lipinski definition) is 8. The largest absolute Gasteiger partial charge is 0.421 e. The van der Waals surface area contributed by atoms with Crippen molar-refractivity contribution in [1.29, 1.82) is 0 Å². The van der Waals surface area contributed by atoms with Crippen LogP contribution in [0.2, 0.25) is 0 Å². The van der Waals surface area contributed by atoms with Crippen molar-refractivity contribution in [3.05, 3.63) is 74.3 Å². The lowest BCUT2D eigenvalue weighted by Crippen LogP contribution is -2.24. The molecule has 1 saturated heterocycles. The Morgan fingerprint density at radius 1 is 1.20 bits per heavy atom. The first kappa shape index (κ1) is 18.5. The van der Waals surface area contributed by atoms with E-state index in [9.17, 15) is 9.59 Å². The smallest absolute Gasteiger partial charge is 0.388 e. The van der Waals surface area contributed by atoms with E-state index < -0.39 is 11.3 Å². The van der Waals surface area contributed by atoms with Crippen LogP contribution in [0.3, 0.4) is 0 Å². The first-order valence-corrected chi connectivity index (χ1v) is 9.55. The summed E-state index contributed by atoms with van der Waals surface area (Å²) in [6.07, 6.45) is 2.05. The highest BCUT2D eigenvalue weighted by molar-refractivity contribution is 5.66. The maximum absolute atomic E-state index is 12.6. The van der Waals surface area contributed by atoms with E-state index in [-0.39, 0.29) is 35.7 Å². The lowest BCUT2D eigenvalue weighted by Gasteiger charge is -2.09. The Kier molecular flexibility index (Phi) is 4.35. The second-order valence-corrected chi connectivity index (χ2v) is 7.47. The average molecular weight is 409 g/mol. The normalized spacial score (nSPS) is 19.0. The van der Waals surface area contributed by atoms with Crippen molar-refractivity contribution in [2.45, 2.75) is 31.9 Å². The van der Waals surface area contributed by atoms with Gasteiger partial charge in [-0.25, -0.2) is 9.78 Å². The van der Waals surface area contributed by atoms with E-state index in [4.69, 9.17) is 13.7 Å². The van der Waals surface area contributed by atoms with Crippen LogP contribution in [-0.4, -0.2) is 30.9 Å². The fraction of sp³-hybridized carbons (Fsp3) is 0.350. The van der Waals surface area contributed by atoms with Gasteiger partial charge in [0.05, 0.1) is 12.7 Å². The zero-order valence-electron chi connectivity index (χ0n) is 16.4. The lowest BCUT2D eigenvalue weighted by atomic mass is 9.99. The van der Waals surface area contributed by atoms with Gasteiger partial charge in [-0.05, 0) is 18.9 Å². The van der Waals surface area contributed by atoms with Crippen LogP contribution in [0.15, 0.2) is 49.1 Å². The van der Waals surface area contributed by atoms with E-state index in [1.807, 2.05) is 6.92 Å². The Balaban J connectivity index is 1.34. The molecule has 1 aromatic carbocycles. The Morgan fingerprint density at radius 3 is 2.80 bits per heavy atom. The number of benzene rings is 1. The SMILES string of the molecule is Cc1ccc([C@H]2C[C@H](c3noc(Cn4cnc5oc(=O)n(C)c5c4=O)n3)CO2)cc1. The summed E-state index contributed by atoms with van der Waals surface area (Å²) in [6, 6.07) is 8.28. The van der Waals surface area contributed by atoms with Gasteiger partial charge in [0.25, 0.3) is 11.3 Å². The van der Waals surface area contributed by atoms with Crippen LogP contribution in [-0.2, 0) is 18.3 Å². The summed E-state index contributed by atoms with van der Waals surface area (Å²) in [5.41, 5.74) is 2.00. The second-order valence-electron chi connectivity index (χ2n) is 7.47. The van der Waals surface area contributed by atoms with Crippen LogP contribution in [0.5, 0.6) is 0 Å². The van der Waals surface area contributed by atoms with Gasteiger partial charge < -0.3 is 13.7 Å². The van der Waals surface area contributed by atoms with Crippen molar-refractivity contribution in [2.75, 3.05) is 6.61 Å². The topological polar surface area (TPSA) is 118 Å². The van der Waals surface area contributed by atoms with Gasteiger partial charge >= 0.3 is 5.76 Å². The van der Waals surface area contributed by atoms with Gasteiger partial charge in [-0.2, -0.15) is 4.98 Å². The number of aromatic nitrogens is 5. The van der Waals surface area contributed by atoms with Crippen LogP contribution in [0.4, 0.5) is 0 Å². The molecule has 0 spiro atoms. The molecule has 154 valence electrons. The third-order valence-electron chi connectivity index (χ3n) is 5.37. The predicted molar refractivity (Wildman–Crippen MR) is 104 cm³/mol. The molecule has 1 fully saturated rings. The highest BCUT2D eigenvalue weighted by Crippen LogP contribution is 2.37. The third kappa shape index (κ3) is 3.14. The van der Waals surface area contributed by atoms with Gasteiger partial charge in [-0.15, -0.1) is 0 Å². The quantitative estimate of drug-likeness (QED) is 0.499. The molecular weight excluding hydrogens is 390 g/mol. The molecule has 4 aromatic rings. The van der Waals surface area contributed by atoms with E-state index >= 15 is 0 Å². The van der Waals surface area contributed by atoms with Gasteiger partial charge in [0.2, 0.25) is 5.89 Å². The van der Waals surface area contributed by atoms with Gasteiger partial charge in [-0.1, -0.05) is 35.0 Å². The summed E-state index contributed by atoms with van der Waals surface area (Å²) in [4.78, 5) is 32.7.